The van der Waals surface area contributed by atoms with Gasteiger partial charge < -0.3 is 20.6 Å². The number of aliphatic carboxylic acids is 1. The summed E-state index contributed by atoms with van der Waals surface area (Å²) in [5, 5.41) is 16.9. The first-order chi connectivity index (χ1) is 17.8. The van der Waals surface area contributed by atoms with Gasteiger partial charge in [-0.1, -0.05) is 42.0 Å². The number of sulfonamides is 1. The Hall–Kier alpha value is -3.96. The third kappa shape index (κ3) is 5.63. The number of nitrogens with zero attached hydrogens (tertiary/aromatic N) is 2. The molecular formula is C27H30N4O6S. The zero-order valence-electron chi connectivity index (χ0n) is 21.6. The first-order valence-electron chi connectivity index (χ1n) is 12.0. The Labute approximate surface area is 221 Å². The number of aryl methyl sites for hydroxylation is 3. The van der Waals surface area contributed by atoms with Gasteiger partial charge in [-0.25, -0.2) is 18.0 Å². The molecule has 0 radical (unpaired) electrons. The number of carboxylic acid groups (broad SMARTS) is 1. The highest BCUT2D eigenvalue weighted by Crippen LogP contribution is 2.28. The number of hydrogen-bond acceptors (Lipinski definition) is 5. The van der Waals surface area contributed by atoms with Crippen LogP contribution in [0.15, 0.2) is 48.5 Å². The smallest absolute Gasteiger partial charge is 0.327 e. The van der Waals surface area contributed by atoms with E-state index in [2.05, 4.69) is 10.6 Å². The van der Waals surface area contributed by atoms with Crippen LogP contribution in [0.1, 0.15) is 27.0 Å². The van der Waals surface area contributed by atoms with Crippen LogP contribution in [0.4, 0.5) is 16.2 Å². The summed E-state index contributed by atoms with van der Waals surface area (Å²) < 4.78 is 25.1. The number of urea groups is 1. The minimum absolute atomic E-state index is 0.0306. The van der Waals surface area contributed by atoms with Crippen molar-refractivity contribution in [2.45, 2.75) is 26.8 Å². The number of carbonyl (C=O) groups is 3. The monoisotopic (exact) mass is 538 g/mol. The van der Waals surface area contributed by atoms with Gasteiger partial charge in [0.1, 0.15) is 6.04 Å². The van der Waals surface area contributed by atoms with Crippen LogP contribution in [0.25, 0.3) is 10.8 Å². The Morgan fingerprint density at radius 3 is 2.11 bits per heavy atom. The van der Waals surface area contributed by atoms with Crippen LogP contribution in [0.3, 0.4) is 0 Å². The summed E-state index contributed by atoms with van der Waals surface area (Å²) in [6.45, 7) is 5.26. The summed E-state index contributed by atoms with van der Waals surface area (Å²) in [6.07, 6.45) is 1.00. The number of nitrogens with one attached hydrogen (secondary N) is 2. The predicted molar refractivity (Wildman–Crippen MR) is 146 cm³/mol. The highest BCUT2D eigenvalue weighted by atomic mass is 32.2. The minimum atomic E-state index is -3.63. The lowest BCUT2D eigenvalue weighted by molar-refractivity contribution is -0.143. The van der Waals surface area contributed by atoms with Crippen molar-refractivity contribution < 1.29 is 27.9 Å². The van der Waals surface area contributed by atoms with E-state index in [0.29, 0.717) is 5.69 Å². The van der Waals surface area contributed by atoms with E-state index in [1.165, 1.54) is 0 Å². The predicted octanol–water partition coefficient (Wildman–Crippen LogP) is 3.58. The second-order valence-electron chi connectivity index (χ2n) is 9.57. The first-order valence-corrected chi connectivity index (χ1v) is 13.9. The molecule has 0 aliphatic carbocycles. The molecule has 3 N–H and O–H groups in total. The lowest BCUT2D eigenvalue weighted by Gasteiger charge is -2.38. The Kier molecular flexibility index (Phi) is 7.43. The molecule has 4 rings (SSSR count). The van der Waals surface area contributed by atoms with E-state index in [0.717, 1.165) is 42.9 Å². The molecule has 1 aliphatic rings. The summed E-state index contributed by atoms with van der Waals surface area (Å²) in [6, 6.07) is 12.5. The molecule has 1 fully saturated rings. The number of hydrogen-bond donors (Lipinski definition) is 3. The third-order valence-electron chi connectivity index (χ3n) is 6.64. The molecule has 38 heavy (non-hydrogen) atoms. The quantitative estimate of drug-likeness (QED) is 0.454. The molecule has 0 spiro atoms. The number of carbonyl (C=O) groups excluding carboxylic acids is 2. The van der Waals surface area contributed by atoms with Crippen molar-refractivity contribution in [3.05, 3.63) is 70.8 Å². The van der Waals surface area contributed by atoms with Gasteiger partial charge in [0, 0.05) is 25.3 Å². The van der Waals surface area contributed by atoms with E-state index in [-0.39, 0.29) is 30.9 Å². The Morgan fingerprint density at radius 1 is 0.921 bits per heavy atom. The van der Waals surface area contributed by atoms with Crippen LogP contribution in [-0.2, 0) is 14.8 Å². The van der Waals surface area contributed by atoms with Gasteiger partial charge >= 0.3 is 12.0 Å². The van der Waals surface area contributed by atoms with E-state index in [4.69, 9.17) is 0 Å². The molecule has 0 aromatic heterocycles. The highest BCUT2D eigenvalue weighted by molar-refractivity contribution is 7.88. The molecule has 1 heterocycles. The molecule has 1 atom stereocenters. The second kappa shape index (κ2) is 10.4. The van der Waals surface area contributed by atoms with Gasteiger partial charge in [0.15, 0.2) is 0 Å². The zero-order valence-corrected chi connectivity index (χ0v) is 22.4. The highest BCUT2D eigenvalue weighted by Gasteiger charge is 2.39. The maximum atomic E-state index is 13.7. The lowest BCUT2D eigenvalue weighted by Crippen LogP contribution is -2.59. The van der Waals surface area contributed by atoms with Crippen LogP contribution in [0.5, 0.6) is 0 Å². The van der Waals surface area contributed by atoms with Crippen LogP contribution in [0, 0.1) is 20.8 Å². The number of rotatable bonds is 5. The molecule has 200 valence electrons. The van der Waals surface area contributed by atoms with Gasteiger partial charge in [0.25, 0.3) is 5.91 Å². The lowest BCUT2D eigenvalue weighted by atomic mass is 10.0. The third-order valence-corrected chi connectivity index (χ3v) is 7.91. The molecule has 1 aliphatic heterocycles. The molecule has 1 saturated heterocycles. The molecule has 11 heteroatoms. The molecule has 3 aromatic rings. The molecule has 3 amide bonds. The van der Waals surface area contributed by atoms with E-state index in [1.54, 1.807) is 12.1 Å². The average molecular weight is 539 g/mol. The number of amides is 3. The number of anilines is 2. The Morgan fingerprint density at radius 2 is 1.53 bits per heavy atom. The maximum Gasteiger partial charge on any atom is 0.327 e. The molecule has 3 aromatic carbocycles. The fourth-order valence-electron chi connectivity index (χ4n) is 4.83. The van der Waals surface area contributed by atoms with Crippen molar-refractivity contribution in [2.24, 2.45) is 0 Å². The van der Waals surface area contributed by atoms with Crippen molar-refractivity contribution >= 4 is 50.1 Å². The van der Waals surface area contributed by atoms with Crippen molar-refractivity contribution in [1.29, 1.82) is 0 Å². The number of benzene rings is 3. The summed E-state index contributed by atoms with van der Waals surface area (Å²) >= 11 is 0. The largest absolute Gasteiger partial charge is 0.480 e. The molecule has 0 saturated carbocycles. The number of fused-ring (bicyclic) bond motifs is 1. The Bertz CT molecular complexity index is 1530. The fourth-order valence-corrected chi connectivity index (χ4v) is 5.66. The molecule has 10 nitrogen and oxygen atoms in total. The van der Waals surface area contributed by atoms with Gasteiger partial charge in [-0.15, -0.1) is 0 Å². The second-order valence-corrected chi connectivity index (χ2v) is 11.6. The van der Waals surface area contributed by atoms with Gasteiger partial charge in [0.2, 0.25) is 10.0 Å². The maximum absolute atomic E-state index is 13.7. The van der Waals surface area contributed by atoms with E-state index >= 15 is 0 Å². The summed E-state index contributed by atoms with van der Waals surface area (Å²) in [7, 11) is -3.63. The molecule has 0 unspecified atom stereocenters. The summed E-state index contributed by atoms with van der Waals surface area (Å²) in [5.41, 5.74) is 3.82. The Balaban J connectivity index is 1.69. The average Bonchev–Trinajstić information content (AvgIpc) is 2.84. The molecule has 0 bridgehead atoms. The topological polar surface area (TPSA) is 136 Å². The van der Waals surface area contributed by atoms with Gasteiger partial charge in [0.05, 0.1) is 17.5 Å². The first kappa shape index (κ1) is 27.1. The van der Waals surface area contributed by atoms with Crippen molar-refractivity contribution in [3.8, 4) is 0 Å². The van der Waals surface area contributed by atoms with Gasteiger partial charge in [-0.3, -0.25) is 4.79 Å². The fraction of sp³-hybridized carbons (Fsp3) is 0.296. The van der Waals surface area contributed by atoms with Gasteiger partial charge in [-0.05, 0) is 54.8 Å². The summed E-state index contributed by atoms with van der Waals surface area (Å²) in [5.74, 6) is -1.93. The number of carboxylic acids is 1. The van der Waals surface area contributed by atoms with Crippen LogP contribution < -0.4 is 10.6 Å². The summed E-state index contributed by atoms with van der Waals surface area (Å²) in [4.78, 5) is 40.0. The van der Waals surface area contributed by atoms with Gasteiger partial charge in [-0.2, -0.15) is 4.31 Å². The van der Waals surface area contributed by atoms with E-state index < -0.39 is 34.0 Å². The van der Waals surface area contributed by atoms with Crippen molar-refractivity contribution in [2.75, 3.05) is 36.5 Å². The SMILES string of the molecule is Cc1cc(C)c(NC(=O)Nc2cc3ccccc3cc2C(=O)N2CCN(S(C)(=O)=O)C[C@H]2C(=O)O)c(C)c1. The van der Waals surface area contributed by atoms with Crippen molar-refractivity contribution in [1.82, 2.24) is 9.21 Å². The molecular weight excluding hydrogens is 508 g/mol. The minimum Gasteiger partial charge on any atom is -0.480 e. The number of piperazine rings is 1. The van der Waals surface area contributed by atoms with Crippen molar-refractivity contribution in [3.63, 3.8) is 0 Å². The van der Waals surface area contributed by atoms with Crippen LogP contribution in [0.2, 0.25) is 0 Å². The van der Waals surface area contributed by atoms with Crippen LogP contribution in [-0.4, -0.2) is 72.6 Å². The standard InChI is InChI=1S/C27H30N4O6S/c1-16-11-17(2)24(18(3)12-16)29-27(35)28-22-14-20-8-6-5-7-19(20)13-21(22)25(32)31-10-9-30(38(4,36)37)15-23(31)26(33)34/h5-8,11-14,23H,9-10,15H2,1-4H3,(H,33,34)(H2,28,29,35)/t23-/m0/s1. The normalized spacial score (nSPS) is 16.3. The van der Waals surface area contributed by atoms with Crippen LogP contribution >= 0.6 is 0 Å². The van der Waals surface area contributed by atoms with E-state index in [9.17, 15) is 27.9 Å². The van der Waals surface area contributed by atoms with E-state index in [1.807, 2.05) is 57.2 Å². The zero-order chi connectivity index (χ0) is 27.8.